The third kappa shape index (κ3) is 3.13. The molecule has 1 aliphatic rings. The van der Waals surface area contributed by atoms with Crippen LogP contribution in [0.1, 0.15) is 41.6 Å². The topological polar surface area (TPSA) is 28.5 Å². The van der Waals surface area contributed by atoms with Gasteiger partial charge >= 0.3 is 0 Å². The first-order valence-electron chi connectivity index (χ1n) is 7.52. The van der Waals surface area contributed by atoms with E-state index >= 15 is 0 Å². The number of Topliss-reactive ketones (excluding diaryl/α,β-unsaturated/α-hetero) is 1. The van der Waals surface area contributed by atoms with E-state index in [0.29, 0.717) is 12.6 Å². The fraction of sp³-hybridized carbons (Fsp3) is 0.688. The second-order valence-electron chi connectivity index (χ2n) is 6.25. The van der Waals surface area contributed by atoms with Gasteiger partial charge in [0.05, 0.1) is 6.54 Å². The van der Waals surface area contributed by atoms with E-state index < -0.39 is 0 Å². The Balaban J connectivity index is 2.08. The number of aromatic nitrogens is 1. The van der Waals surface area contributed by atoms with E-state index in [2.05, 4.69) is 49.1 Å². The van der Waals surface area contributed by atoms with Crippen molar-refractivity contribution in [2.75, 3.05) is 39.8 Å². The third-order valence-corrected chi connectivity index (χ3v) is 4.26. The monoisotopic (exact) mass is 277 g/mol. The van der Waals surface area contributed by atoms with Crippen molar-refractivity contribution < 1.29 is 4.79 Å². The fourth-order valence-electron chi connectivity index (χ4n) is 3.15. The van der Waals surface area contributed by atoms with Crippen LogP contribution in [0.15, 0.2) is 6.07 Å². The SMILES string of the molecule is Cc1cc(C(=O)CN2CCN(C)CC2)c(C)n1C(C)C. The number of carbonyl (C=O) groups is 1. The van der Waals surface area contributed by atoms with Crippen LogP contribution < -0.4 is 0 Å². The maximum atomic E-state index is 12.5. The normalized spacial score (nSPS) is 17.9. The molecule has 0 bridgehead atoms. The van der Waals surface area contributed by atoms with Crippen LogP contribution in [0.5, 0.6) is 0 Å². The molecule has 4 nitrogen and oxygen atoms in total. The summed E-state index contributed by atoms with van der Waals surface area (Å²) in [4.78, 5) is 17.1. The smallest absolute Gasteiger partial charge is 0.178 e. The van der Waals surface area contributed by atoms with E-state index in [-0.39, 0.29) is 5.78 Å². The maximum absolute atomic E-state index is 12.5. The van der Waals surface area contributed by atoms with E-state index in [1.165, 1.54) is 5.69 Å². The maximum Gasteiger partial charge on any atom is 0.178 e. The number of hydrogen-bond donors (Lipinski definition) is 0. The largest absolute Gasteiger partial charge is 0.346 e. The van der Waals surface area contributed by atoms with Gasteiger partial charge in [-0.2, -0.15) is 0 Å². The molecule has 1 aromatic heterocycles. The highest BCUT2D eigenvalue weighted by atomic mass is 16.1. The zero-order valence-electron chi connectivity index (χ0n) is 13.4. The highest BCUT2D eigenvalue weighted by Gasteiger charge is 2.21. The van der Waals surface area contributed by atoms with Gasteiger partial charge in [0.15, 0.2) is 5.78 Å². The van der Waals surface area contributed by atoms with Crippen molar-refractivity contribution in [3.63, 3.8) is 0 Å². The van der Waals surface area contributed by atoms with Gasteiger partial charge in [0.25, 0.3) is 0 Å². The molecule has 112 valence electrons. The summed E-state index contributed by atoms with van der Waals surface area (Å²) in [6.07, 6.45) is 0. The van der Waals surface area contributed by atoms with Crippen LogP contribution in [-0.4, -0.2) is 59.9 Å². The highest BCUT2D eigenvalue weighted by Crippen LogP contribution is 2.20. The Morgan fingerprint density at radius 2 is 1.80 bits per heavy atom. The Morgan fingerprint density at radius 1 is 1.20 bits per heavy atom. The number of likely N-dealkylation sites (N-methyl/N-ethyl adjacent to an activating group) is 1. The summed E-state index contributed by atoms with van der Waals surface area (Å²) in [6.45, 7) is 13.1. The van der Waals surface area contributed by atoms with Crippen LogP contribution in [-0.2, 0) is 0 Å². The summed E-state index contributed by atoms with van der Waals surface area (Å²) in [7, 11) is 2.13. The number of hydrogen-bond acceptors (Lipinski definition) is 3. The highest BCUT2D eigenvalue weighted by molar-refractivity contribution is 5.99. The van der Waals surface area contributed by atoms with Crippen LogP contribution in [0.3, 0.4) is 0 Å². The van der Waals surface area contributed by atoms with Crippen molar-refractivity contribution in [2.24, 2.45) is 0 Å². The minimum Gasteiger partial charge on any atom is -0.346 e. The van der Waals surface area contributed by atoms with Crippen molar-refractivity contribution in [2.45, 2.75) is 33.7 Å². The molecule has 0 atom stereocenters. The first-order chi connectivity index (χ1) is 9.40. The summed E-state index contributed by atoms with van der Waals surface area (Å²) in [5, 5.41) is 0. The Labute approximate surface area is 122 Å². The van der Waals surface area contributed by atoms with Gasteiger partial charge in [-0.15, -0.1) is 0 Å². The van der Waals surface area contributed by atoms with Crippen LogP contribution in [0.25, 0.3) is 0 Å². The lowest BCUT2D eigenvalue weighted by molar-refractivity contribution is 0.0875. The van der Waals surface area contributed by atoms with Gasteiger partial charge < -0.3 is 9.47 Å². The zero-order chi connectivity index (χ0) is 14.9. The summed E-state index contributed by atoms with van der Waals surface area (Å²) in [5.41, 5.74) is 3.19. The zero-order valence-corrected chi connectivity index (χ0v) is 13.4. The first-order valence-corrected chi connectivity index (χ1v) is 7.52. The number of piperazine rings is 1. The van der Waals surface area contributed by atoms with Gasteiger partial charge in [-0.1, -0.05) is 0 Å². The van der Waals surface area contributed by atoms with Crippen molar-refractivity contribution in [3.8, 4) is 0 Å². The van der Waals surface area contributed by atoms with Crippen LogP contribution in [0, 0.1) is 13.8 Å². The van der Waals surface area contributed by atoms with Gasteiger partial charge in [-0.25, -0.2) is 0 Å². The lowest BCUT2D eigenvalue weighted by Gasteiger charge is -2.31. The molecule has 0 aliphatic carbocycles. The van der Waals surface area contributed by atoms with Gasteiger partial charge in [0.1, 0.15) is 0 Å². The van der Waals surface area contributed by atoms with Gasteiger partial charge in [0, 0.05) is 49.2 Å². The van der Waals surface area contributed by atoms with Gasteiger partial charge in [-0.05, 0) is 40.8 Å². The molecular weight excluding hydrogens is 250 g/mol. The molecule has 0 N–H and O–H groups in total. The lowest BCUT2D eigenvalue weighted by atomic mass is 10.1. The van der Waals surface area contributed by atoms with E-state index in [0.717, 1.165) is 37.4 Å². The molecule has 2 heterocycles. The molecule has 0 radical (unpaired) electrons. The molecular formula is C16H27N3O. The first kappa shape index (κ1) is 15.3. The molecule has 4 heteroatoms. The molecule has 0 unspecified atom stereocenters. The minimum absolute atomic E-state index is 0.259. The predicted molar refractivity (Wildman–Crippen MR) is 82.6 cm³/mol. The molecule has 1 aromatic rings. The molecule has 1 saturated heterocycles. The number of rotatable bonds is 4. The number of nitrogens with zero attached hydrogens (tertiary/aromatic N) is 3. The van der Waals surface area contributed by atoms with Crippen LogP contribution >= 0.6 is 0 Å². The Hall–Kier alpha value is -1.13. The van der Waals surface area contributed by atoms with Crippen molar-refractivity contribution in [3.05, 3.63) is 23.0 Å². The standard InChI is InChI=1S/C16H27N3O/c1-12(2)19-13(3)10-15(14(19)4)16(20)11-18-8-6-17(5)7-9-18/h10,12H,6-9,11H2,1-5H3. The van der Waals surface area contributed by atoms with Crippen LogP contribution in [0.2, 0.25) is 0 Å². The summed E-state index contributed by atoms with van der Waals surface area (Å²) in [6, 6.07) is 2.45. The van der Waals surface area contributed by atoms with E-state index in [1.54, 1.807) is 0 Å². The lowest BCUT2D eigenvalue weighted by Crippen LogP contribution is -2.46. The van der Waals surface area contributed by atoms with E-state index in [4.69, 9.17) is 0 Å². The van der Waals surface area contributed by atoms with Crippen molar-refractivity contribution >= 4 is 5.78 Å². The summed E-state index contributed by atoms with van der Waals surface area (Å²) in [5.74, 6) is 0.259. The fourth-order valence-corrected chi connectivity index (χ4v) is 3.15. The summed E-state index contributed by atoms with van der Waals surface area (Å²) >= 11 is 0. The average molecular weight is 277 g/mol. The Morgan fingerprint density at radius 3 is 2.30 bits per heavy atom. The molecule has 20 heavy (non-hydrogen) atoms. The molecule has 0 spiro atoms. The van der Waals surface area contributed by atoms with Crippen molar-refractivity contribution in [1.29, 1.82) is 0 Å². The van der Waals surface area contributed by atoms with E-state index in [9.17, 15) is 4.79 Å². The number of ketones is 1. The van der Waals surface area contributed by atoms with E-state index in [1.807, 2.05) is 6.07 Å². The molecule has 0 aromatic carbocycles. The molecule has 0 amide bonds. The Bertz CT molecular complexity index is 482. The third-order valence-electron chi connectivity index (χ3n) is 4.26. The average Bonchev–Trinajstić information content (AvgIpc) is 2.67. The van der Waals surface area contributed by atoms with Gasteiger partial charge in [0.2, 0.25) is 0 Å². The van der Waals surface area contributed by atoms with Crippen molar-refractivity contribution in [1.82, 2.24) is 14.4 Å². The second-order valence-corrected chi connectivity index (χ2v) is 6.25. The Kier molecular flexibility index (Phi) is 4.66. The second kappa shape index (κ2) is 6.10. The minimum atomic E-state index is 0.259. The summed E-state index contributed by atoms with van der Waals surface area (Å²) < 4.78 is 2.25. The number of carbonyl (C=O) groups excluding carboxylic acids is 1. The quantitative estimate of drug-likeness (QED) is 0.789. The molecule has 1 aliphatic heterocycles. The predicted octanol–water partition coefficient (Wildman–Crippen LogP) is 2.12. The molecule has 1 fully saturated rings. The number of aryl methyl sites for hydroxylation is 1. The molecule has 0 saturated carbocycles. The van der Waals surface area contributed by atoms with Crippen LogP contribution in [0.4, 0.5) is 0 Å². The molecule has 2 rings (SSSR count). The van der Waals surface area contributed by atoms with Gasteiger partial charge in [-0.3, -0.25) is 9.69 Å².